The molecule has 1 aromatic carbocycles. The highest BCUT2D eigenvalue weighted by Gasteiger charge is 2.31. The van der Waals surface area contributed by atoms with Crippen molar-refractivity contribution in [3.63, 3.8) is 0 Å². The van der Waals surface area contributed by atoms with Gasteiger partial charge in [0.25, 0.3) is 0 Å². The lowest BCUT2D eigenvalue weighted by atomic mass is 10.2. The third-order valence-corrected chi connectivity index (χ3v) is 5.96. The number of hydrogen-bond donors (Lipinski definition) is 1. The van der Waals surface area contributed by atoms with E-state index in [9.17, 15) is 8.42 Å². The van der Waals surface area contributed by atoms with E-state index in [1.165, 1.54) is 9.87 Å². The fraction of sp³-hybridized carbons (Fsp3) is 0.571. The second-order valence-electron chi connectivity index (χ2n) is 5.20. The summed E-state index contributed by atoms with van der Waals surface area (Å²) in [5, 5.41) is 8.31. The Kier molecular flexibility index (Phi) is 5.15. The normalized spacial score (nSPS) is 19.9. The fourth-order valence-electron chi connectivity index (χ4n) is 2.33. The molecule has 1 atom stereocenters. The van der Waals surface area contributed by atoms with Crippen molar-refractivity contribution >= 4 is 10.0 Å². The number of nitrogens with zero attached hydrogens (tertiary/aromatic N) is 2. The molecular formula is C14H22N2O3S. The number of aliphatic hydroxyl groups is 1. The Bertz CT molecular complexity index is 510. The first kappa shape index (κ1) is 15.4. The molecule has 5 nitrogen and oxygen atoms in total. The lowest BCUT2D eigenvalue weighted by Gasteiger charge is -2.35. The summed E-state index contributed by atoms with van der Waals surface area (Å²) in [6.45, 7) is 4.53. The average Bonchev–Trinajstić information content (AvgIpc) is 2.48. The minimum atomic E-state index is -3.35. The molecule has 0 radical (unpaired) electrons. The van der Waals surface area contributed by atoms with Crippen molar-refractivity contribution in [2.75, 3.05) is 32.8 Å². The molecular weight excluding hydrogens is 276 g/mol. The summed E-state index contributed by atoms with van der Waals surface area (Å²) in [5.41, 5.74) is 1.24. The van der Waals surface area contributed by atoms with Crippen molar-refractivity contribution < 1.29 is 13.5 Å². The van der Waals surface area contributed by atoms with E-state index in [-0.39, 0.29) is 6.61 Å². The molecule has 1 unspecified atom stereocenters. The van der Waals surface area contributed by atoms with E-state index in [0.717, 1.165) is 19.6 Å². The lowest BCUT2D eigenvalue weighted by Crippen LogP contribution is -2.50. The number of piperazine rings is 1. The van der Waals surface area contributed by atoms with Gasteiger partial charge < -0.3 is 5.11 Å². The van der Waals surface area contributed by atoms with E-state index >= 15 is 0 Å². The van der Waals surface area contributed by atoms with Gasteiger partial charge in [-0.1, -0.05) is 30.3 Å². The summed E-state index contributed by atoms with van der Waals surface area (Å²) in [6.07, 6.45) is 0. The zero-order valence-corrected chi connectivity index (χ0v) is 12.6. The Balaban J connectivity index is 1.90. The van der Waals surface area contributed by atoms with Gasteiger partial charge in [-0.3, -0.25) is 4.90 Å². The van der Waals surface area contributed by atoms with Crippen molar-refractivity contribution in [1.29, 1.82) is 0 Å². The third kappa shape index (κ3) is 3.58. The van der Waals surface area contributed by atoms with E-state index in [0.29, 0.717) is 13.1 Å². The molecule has 1 saturated heterocycles. The molecule has 112 valence electrons. The van der Waals surface area contributed by atoms with Crippen molar-refractivity contribution in [1.82, 2.24) is 9.21 Å². The predicted octanol–water partition coefficient (Wildman–Crippen LogP) is 0.515. The van der Waals surface area contributed by atoms with Crippen LogP contribution in [0.3, 0.4) is 0 Å². The van der Waals surface area contributed by atoms with E-state index in [1.54, 1.807) is 6.92 Å². The minimum absolute atomic E-state index is 0.327. The van der Waals surface area contributed by atoms with Crippen LogP contribution in [0.5, 0.6) is 0 Å². The number of rotatable bonds is 5. The zero-order valence-electron chi connectivity index (χ0n) is 11.8. The Hall–Kier alpha value is -0.950. The topological polar surface area (TPSA) is 60.9 Å². The van der Waals surface area contributed by atoms with Gasteiger partial charge in [0.1, 0.15) is 0 Å². The predicted molar refractivity (Wildman–Crippen MR) is 78.8 cm³/mol. The zero-order chi connectivity index (χ0) is 14.6. The summed E-state index contributed by atoms with van der Waals surface area (Å²) in [5.74, 6) is 0. The largest absolute Gasteiger partial charge is 0.395 e. The smallest absolute Gasteiger partial charge is 0.219 e. The maximum atomic E-state index is 12.1. The average molecular weight is 298 g/mol. The maximum absolute atomic E-state index is 12.1. The lowest BCUT2D eigenvalue weighted by molar-refractivity contribution is 0.179. The number of sulfonamides is 1. The molecule has 6 heteroatoms. The summed E-state index contributed by atoms with van der Waals surface area (Å²) in [4.78, 5) is 2.25. The Morgan fingerprint density at radius 2 is 1.75 bits per heavy atom. The van der Waals surface area contributed by atoms with Crippen LogP contribution in [-0.2, 0) is 16.6 Å². The van der Waals surface area contributed by atoms with Crippen LogP contribution >= 0.6 is 0 Å². The molecule has 1 N–H and O–H groups in total. The molecule has 20 heavy (non-hydrogen) atoms. The molecule has 0 saturated carbocycles. The molecule has 0 bridgehead atoms. The first-order valence-corrected chi connectivity index (χ1v) is 8.40. The van der Waals surface area contributed by atoms with E-state index in [1.807, 2.05) is 18.2 Å². The third-order valence-electron chi connectivity index (χ3n) is 3.71. The van der Waals surface area contributed by atoms with E-state index < -0.39 is 15.3 Å². The van der Waals surface area contributed by atoms with Gasteiger partial charge >= 0.3 is 0 Å². The van der Waals surface area contributed by atoms with Crippen LogP contribution in [0.25, 0.3) is 0 Å². The monoisotopic (exact) mass is 298 g/mol. The molecule has 1 aromatic rings. The molecule has 1 fully saturated rings. The molecule has 0 aliphatic carbocycles. The van der Waals surface area contributed by atoms with E-state index in [4.69, 9.17) is 5.11 Å². The second kappa shape index (κ2) is 6.67. The fourth-order valence-corrected chi connectivity index (χ4v) is 3.70. The molecule has 1 heterocycles. The van der Waals surface area contributed by atoms with Crippen LogP contribution in [-0.4, -0.2) is 60.8 Å². The highest BCUT2D eigenvalue weighted by Crippen LogP contribution is 2.14. The van der Waals surface area contributed by atoms with Crippen LogP contribution in [0, 0.1) is 0 Å². The molecule has 0 aromatic heterocycles. The number of hydrogen-bond acceptors (Lipinski definition) is 4. The standard InChI is InChI=1S/C14H22N2O3S/c1-13(12-17)20(18,19)16-9-7-15(8-10-16)11-14-5-3-2-4-6-14/h2-6,13,17H,7-12H2,1H3. The van der Waals surface area contributed by atoms with Crippen LogP contribution in [0.4, 0.5) is 0 Å². The van der Waals surface area contributed by atoms with Gasteiger partial charge in [-0.2, -0.15) is 4.31 Å². The number of aliphatic hydroxyl groups excluding tert-OH is 1. The Labute approximate surface area is 120 Å². The van der Waals surface area contributed by atoms with Crippen LogP contribution in [0.15, 0.2) is 30.3 Å². The minimum Gasteiger partial charge on any atom is -0.395 e. The van der Waals surface area contributed by atoms with E-state index in [2.05, 4.69) is 17.0 Å². The van der Waals surface area contributed by atoms with Gasteiger partial charge in [-0.25, -0.2) is 8.42 Å². The van der Waals surface area contributed by atoms with Crippen LogP contribution in [0.1, 0.15) is 12.5 Å². The first-order chi connectivity index (χ1) is 9.54. The van der Waals surface area contributed by atoms with Gasteiger partial charge in [-0.05, 0) is 12.5 Å². The van der Waals surface area contributed by atoms with Gasteiger partial charge in [0, 0.05) is 32.7 Å². The van der Waals surface area contributed by atoms with Crippen LogP contribution < -0.4 is 0 Å². The Morgan fingerprint density at radius 1 is 1.15 bits per heavy atom. The summed E-state index contributed by atoms with van der Waals surface area (Å²) in [7, 11) is -3.35. The highest BCUT2D eigenvalue weighted by molar-refractivity contribution is 7.89. The maximum Gasteiger partial charge on any atom is 0.219 e. The molecule has 2 rings (SSSR count). The molecule has 1 aliphatic rings. The molecule has 0 spiro atoms. The van der Waals surface area contributed by atoms with Gasteiger partial charge in [0.2, 0.25) is 10.0 Å². The first-order valence-electron chi connectivity index (χ1n) is 6.90. The quantitative estimate of drug-likeness (QED) is 0.861. The summed E-state index contributed by atoms with van der Waals surface area (Å²) < 4.78 is 25.8. The van der Waals surface area contributed by atoms with Crippen molar-refractivity contribution in [3.8, 4) is 0 Å². The highest BCUT2D eigenvalue weighted by atomic mass is 32.2. The molecule has 1 aliphatic heterocycles. The van der Waals surface area contributed by atoms with Crippen molar-refractivity contribution in [2.45, 2.75) is 18.7 Å². The van der Waals surface area contributed by atoms with Gasteiger partial charge in [0.15, 0.2) is 0 Å². The van der Waals surface area contributed by atoms with Crippen molar-refractivity contribution in [2.24, 2.45) is 0 Å². The van der Waals surface area contributed by atoms with Crippen molar-refractivity contribution in [3.05, 3.63) is 35.9 Å². The summed E-state index contributed by atoms with van der Waals surface area (Å²) in [6, 6.07) is 10.2. The SMILES string of the molecule is CC(CO)S(=O)(=O)N1CCN(Cc2ccccc2)CC1. The van der Waals surface area contributed by atoms with Crippen LogP contribution in [0.2, 0.25) is 0 Å². The van der Waals surface area contributed by atoms with Gasteiger partial charge in [-0.15, -0.1) is 0 Å². The number of benzene rings is 1. The molecule has 0 amide bonds. The summed E-state index contributed by atoms with van der Waals surface area (Å²) >= 11 is 0. The second-order valence-corrected chi connectivity index (χ2v) is 7.55. The Morgan fingerprint density at radius 3 is 2.30 bits per heavy atom. The van der Waals surface area contributed by atoms with Gasteiger partial charge in [0.05, 0.1) is 11.9 Å².